The maximum atomic E-state index is 12.9. The summed E-state index contributed by atoms with van der Waals surface area (Å²) in [7, 11) is 0. The molecule has 0 radical (unpaired) electrons. The van der Waals surface area contributed by atoms with E-state index in [9.17, 15) is 4.79 Å². The third kappa shape index (κ3) is 2.27. The average Bonchev–Trinajstić information content (AvgIpc) is 2.43. The number of para-hydroxylation sites is 1. The number of hydrogen-bond acceptors (Lipinski definition) is 3. The van der Waals surface area contributed by atoms with Crippen LogP contribution in [0.25, 0.3) is 10.9 Å². The minimum absolute atomic E-state index is 0.122. The van der Waals surface area contributed by atoms with Crippen LogP contribution >= 0.6 is 0 Å². The second-order valence-electron chi connectivity index (χ2n) is 5.19. The van der Waals surface area contributed by atoms with Gasteiger partial charge in [0.15, 0.2) is 0 Å². The lowest BCUT2D eigenvalue weighted by Crippen LogP contribution is -2.59. The number of aromatic nitrogens is 1. The van der Waals surface area contributed by atoms with Gasteiger partial charge in [0.2, 0.25) is 0 Å². The Morgan fingerprint density at radius 3 is 2.85 bits per heavy atom. The second-order valence-corrected chi connectivity index (χ2v) is 5.19. The Morgan fingerprint density at radius 1 is 1.35 bits per heavy atom. The molecule has 0 unspecified atom stereocenters. The molecule has 104 valence electrons. The molecule has 1 amide bonds. The number of rotatable bonds is 4. The molecule has 2 heterocycles. The van der Waals surface area contributed by atoms with Crippen LogP contribution in [0.15, 0.2) is 36.5 Å². The van der Waals surface area contributed by atoms with E-state index in [4.69, 9.17) is 0 Å². The molecule has 4 nitrogen and oxygen atoms in total. The second kappa shape index (κ2) is 5.59. The maximum absolute atomic E-state index is 12.9. The van der Waals surface area contributed by atoms with Crippen molar-refractivity contribution in [3.05, 3.63) is 42.1 Å². The highest BCUT2D eigenvalue weighted by Gasteiger charge is 2.29. The van der Waals surface area contributed by atoms with Crippen molar-refractivity contribution >= 4 is 16.8 Å². The maximum Gasteiger partial charge on any atom is 0.254 e. The van der Waals surface area contributed by atoms with Gasteiger partial charge in [-0.05, 0) is 18.6 Å². The number of carbonyl (C=O) groups is 1. The molecular weight excluding hydrogens is 250 g/mol. The lowest BCUT2D eigenvalue weighted by molar-refractivity contribution is 0.0618. The van der Waals surface area contributed by atoms with Crippen LogP contribution in [0.2, 0.25) is 0 Å². The first kappa shape index (κ1) is 13.1. The van der Waals surface area contributed by atoms with E-state index in [-0.39, 0.29) is 5.91 Å². The Hall–Kier alpha value is -1.94. The smallest absolute Gasteiger partial charge is 0.254 e. The number of carbonyl (C=O) groups excluding carboxylic acids is 1. The van der Waals surface area contributed by atoms with Gasteiger partial charge in [-0.3, -0.25) is 9.78 Å². The number of benzene rings is 1. The average molecular weight is 269 g/mol. The first-order chi connectivity index (χ1) is 9.81. The van der Waals surface area contributed by atoms with Crippen molar-refractivity contribution < 1.29 is 4.79 Å². The van der Waals surface area contributed by atoms with E-state index < -0.39 is 0 Å². The molecule has 1 aliphatic heterocycles. The minimum atomic E-state index is 0.122. The SMILES string of the molecule is CCCN(C(=O)c1ccnc2ccccc12)C1CNC1. The molecule has 0 aliphatic carbocycles. The third-order valence-electron chi connectivity index (χ3n) is 3.81. The molecule has 3 rings (SSSR count). The number of fused-ring (bicyclic) bond motifs is 1. The van der Waals surface area contributed by atoms with E-state index in [1.165, 1.54) is 0 Å². The summed E-state index contributed by atoms with van der Waals surface area (Å²) >= 11 is 0. The van der Waals surface area contributed by atoms with E-state index in [0.29, 0.717) is 6.04 Å². The lowest BCUT2D eigenvalue weighted by Gasteiger charge is -2.38. The van der Waals surface area contributed by atoms with Crippen molar-refractivity contribution in [1.82, 2.24) is 15.2 Å². The highest BCUT2D eigenvalue weighted by molar-refractivity contribution is 6.06. The zero-order valence-electron chi connectivity index (χ0n) is 11.7. The predicted octanol–water partition coefficient (Wildman–Crippen LogP) is 2.06. The number of nitrogens with zero attached hydrogens (tertiary/aromatic N) is 2. The molecular formula is C16H19N3O. The highest BCUT2D eigenvalue weighted by Crippen LogP contribution is 2.20. The summed E-state index contributed by atoms with van der Waals surface area (Å²) in [6.07, 6.45) is 2.70. The van der Waals surface area contributed by atoms with Crippen molar-refractivity contribution in [2.45, 2.75) is 19.4 Å². The van der Waals surface area contributed by atoms with Gasteiger partial charge in [-0.2, -0.15) is 0 Å². The van der Waals surface area contributed by atoms with E-state index >= 15 is 0 Å². The summed E-state index contributed by atoms with van der Waals surface area (Å²) in [5.74, 6) is 0.122. The van der Waals surface area contributed by atoms with Gasteiger partial charge in [0.1, 0.15) is 0 Å². The van der Waals surface area contributed by atoms with Crippen molar-refractivity contribution in [2.75, 3.05) is 19.6 Å². The first-order valence-electron chi connectivity index (χ1n) is 7.16. The number of amides is 1. The first-order valence-corrected chi connectivity index (χ1v) is 7.16. The van der Waals surface area contributed by atoms with Crippen LogP contribution in [0.3, 0.4) is 0 Å². The van der Waals surface area contributed by atoms with Gasteiger partial charge in [0, 0.05) is 31.2 Å². The Bertz CT molecular complexity index is 617. The zero-order valence-corrected chi connectivity index (χ0v) is 11.7. The van der Waals surface area contributed by atoms with Gasteiger partial charge in [0.25, 0.3) is 5.91 Å². The molecule has 0 saturated carbocycles. The molecule has 0 bridgehead atoms. The van der Waals surface area contributed by atoms with Gasteiger partial charge in [0.05, 0.1) is 17.1 Å². The van der Waals surface area contributed by atoms with Crippen molar-refractivity contribution in [3.8, 4) is 0 Å². The summed E-state index contributed by atoms with van der Waals surface area (Å²) in [5.41, 5.74) is 1.64. The van der Waals surface area contributed by atoms with E-state index in [1.807, 2.05) is 35.2 Å². The van der Waals surface area contributed by atoms with Crippen LogP contribution in [-0.2, 0) is 0 Å². The molecule has 1 aromatic heterocycles. The highest BCUT2D eigenvalue weighted by atomic mass is 16.2. The zero-order chi connectivity index (χ0) is 13.9. The van der Waals surface area contributed by atoms with Crippen LogP contribution in [0, 0.1) is 0 Å². The van der Waals surface area contributed by atoms with Crippen molar-refractivity contribution in [1.29, 1.82) is 0 Å². The van der Waals surface area contributed by atoms with Gasteiger partial charge in [-0.25, -0.2) is 0 Å². The van der Waals surface area contributed by atoms with E-state index in [1.54, 1.807) is 6.20 Å². The molecule has 1 N–H and O–H groups in total. The number of pyridine rings is 1. The number of hydrogen-bond donors (Lipinski definition) is 1. The summed E-state index contributed by atoms with van der Waals surface area (Å²) in [4.78, 5) is 19.2. The number of nitrogens with one attached hydrogen (secondary N) is 1. The van der Waals surface area contributed by atoms with Gasteiger partial charge >= 0.3 is 0 Å². The molecule has 0 atom stereocenters. The molecule has 1 aliphatic rings. The largest absolute Gasteiger partial charge is 0.333 e. The normalized spacial score (nSPS) is 15.1. The van der Waals surface area contributed by atoms with Gasteiger partial charge in [-0.15, -0.1) is 0 Å². The Balaban J connectivity index is 1.98. The molecule has 1 fully saturated rings. The summed E-state index contributed by atoms with van der Waals surface area (Å²) in [6, 6.07) is 9.98. The Morgan fingerprint density at radius 2 is 2.15 bits per heavy atom. The standard InChI is InChI=1S/C16H19N3O/c1-2-9-19(12-10-17-11-12)16(20)14-7-8-18-15-6-4-3-5-13(14)15/h3-8,12,17H,2,9-11H2,1H3. The molecule has 20 heavy (non-hydrogen) atoms. The van der Waals surface area contributed by atoms with Crippen LogP contribution in [0.5, 0.6) is 0 Å². The Kier molecular flexibility index (Phi) is 3.65. The van der Waals surface area contributed by atoms with Crippen molar-refractivity contribution in [2.24, 2.45) is 0 Å². The van der Waals surface area contributed by atoms with Crippen molar-refractivity contribution in [3.63, 3.8) is 0 Å². The fraction of sp³-hybridized carbons (Fsp3) is 0.375. The van der Waals surface area contributed by atoms with Gasteiger partial charge in [-0.1, -0.05) is 25.1 Å². The van der Waals surface area contributed by atoms with E-state index in [0.717, 1.165) is 42.5 Å². The van der Waals surface area contributed by atoms with Crippen LogP contribution in [-0.4, -0.2) is 41.5 Å². The minimum Gasteiger partial charge on any atom is -0.333 e. The topological polar surface area (TPSA) is 45.2 Å². The summed E-state index contributed by atoms with van der Waals surface area (Å²) in [6.45, 7) is 4.71. The monoisotopic (exact) mass is 269 g/mol. The molecule has 0 spiro atoms. The fourth-order valence-electron chi connectivity index (χ4n) is 2.62. The van der Waals surface area contributed by atoms with Crippen LogP contribution in [0.4, 0.5) is 0 Å². The quantitative estimate of drug-likeness (QED) is 0.924. The lowest BCUT2D eigenvalue weighted by atomic mass is 10.0. The molecule has 1 saturated heterocycles. The predicted molar refractivity (Wildman–Crippen MR) is 79.7 cm³/mol. The molecule has 4 heteroatoms. The summed E-state index contributed by atoms with van der Waals surface area (Å²) in [5, 5.41) is 4.18. The molecule has 1 aromatic carbocycles. The van der Waals surface area contributed by atoms with Gasteiger partial charge < -0.3 is 10.2 Å². The Labute approximate surface area is 118 Å². The third-order valence-corrected chi connectivity index (χ3v) is 3.81. The summed E-state index contributed by atoms with van der Waals surface area (Å²) < 4.78 is 0. The van der Waals surface area contributed by atoms with E-state index in [2.05, 4.69) is 17.2 Å². The fourth-order valence-corrected chi connectivity index (χ4v) is 2.62. The van der Waals surface area contributed by atoms with Crippen LogP contribution in [0.1, 0.15) is 23.7 Å². The molecule has 2 aromatic rings. The van der Waals surface area contributed by atoms with Crippen LogP contribution < -0.4 is 5.32 Å².